The highest BCUT2D eigenvalue weighted by atomic mass is 16.5. The molecule has 0 saturated heterocycles. The van der Waals surface area contributed by atoms with Crippen LogP contribution in [0.15, 0.2) is 30.3 Å². The molecule has 0 unspecified atom stereocenters. The first kappa shape index (κ1) is 10.8. The maximum atomic E-state index is 11.7. The lowest BCUT2D eigenvalue weighted by Crippen LogP contribution is -2.32. The third-order valence-electron chi connectivity index (χ3n) is 2.53. The predicted molar refractivity (Wildman–Crippen MR) is 59.6 cm³/mol. The molecule has 0 aliphatic heterocycles. The molecule has 1 rings (SSSR count). The van der Waals surface area contributed by atoms with E-state index < -0.39 is 0 Å². The van der Waals surface area contributed by atoms with E-state index in [2.05, 4.69) is 0 Å². The topological polar surface area (TPSA) is 26.1 Å². The number of benzene rings is 1. The van der Waals surface area contributed by atoms with Gasteiger partial charge < -0.3 is 5.21 Å². The fraction of sp³-hybridized carbons (Fsp3) is 0.417. The molecule has 0 heterocycles. The van der Waals surface area contributed by atoms with E-state index in [0.29, 0.717) is 0 Å². The van der Waals surface area contributed by atoms with Crippen molar-refractivity contribution in [2.45, 2.75) is 32.7 Å². The molecule has 0 aromatic heterocycles. The van der Waals surface area contributed by atoms with E-state index >= 15 is 0 Å². The molecule has 0 atom stereocenters. The second-order valence-electron chi connectivity index (χ2n) is 4.03. The Morgan fingerprint density at radius 1 is 1.29 bits per heavy atom. The van der Waals surface area contributed by atoms with Crippen LogP contribution in [0.4, 0.5) is 0 Å². The van der Waals surface area contributed by atoms with Crippen molar-refractivity contribution in [1.82, 2.24) is 0 Å². The van der Waals surface area contributed by atoms with Gasteiger partial charge in [-0.25, -0.2) is 4.74 Å². The van der Waals surface area contributed by atoms with Crippen LogP contribution in [-0.4, -0.2) is 16.5 Å². The summed E-state index contributed by atoms with van der Waals surface area (Å²) in [5, 5.41) is 11.7. The second kappa shape index (κ2) is 4.27. The molecule has 14 heavy (non-hydrogen) atoms. The maximum Gasteiger partial charge on any atom is 0.182 e. The number of hydroxylamine groups is 1. The molecule has 0 N–H and O–H groups in total. The molecule has 2 nitrogen and oxygen atoms in total. The molecule has 1 aromatic rings. The fourth-order valence-electron chi connectivity index (χ4n) is 1.01. The molecule has 0 saturated carbocycles. The van der Waals surface area contributed by atoms with Crippen molar-refractivity contribution in [3.8, 4) is 0 Å². The van der Waals surface area contributed by atoms with E-state index in [-0.39, 0.29) is 5.54 Å². The van der Waals surface area contributed by atoms with Gasteiger partial charge in [-0.3, -0.25) is 0 Å². The lowest BCUT2D eigenvalue weighted by Gasteiger charge is -2.22. The quantitative estimate of drug-likeness (QED) is 0.312. The minimum absolute atomic E-state index is 0.324. The summed E-state index contributed by atoms with van der Waals surface area (Å²) < 4.78 is 1.03. The fourth-order valence-corrected chi connectivity index (χ4v) is 1.01. The van der Waals surface area contributed by atoms with Crippen molar-refractivity contribution in [1.29, 1.82) is 0 Å². The van der Waals surface area contributed by atoms with E-state index in [1.54, 1.807) is 6.21 Å². The van der Waals surface area contributed by atoms with Gasteiger partial charge in [-0.15, -0.1) is 0 Å². The summed E-state index contributed by atoms with van der Waals surface area (Å²) in [5.74, 6) is 0. The summed E-state index contributed by atoms with van der Waals surface area (Å²) in [6, 6.07) is 9.65. The van der Waals surface area contributed by atoms with E-state index in [0.717, 1.165) is 16.7 Å². The normalized spacial score (nSPS) is 12.9. The average Bonchev–Trinajstić information content (AvgIpc) is 2.19. The zero-order chi connectivity index (χ0) is 10.6. The number of hydrogen-bond acceptors (Lipinski definition) is 1. The third kappa shape index (κ3) is 2.59. The average molecular weight is 191 g/mol. The van der Waals surface area contributed by atoms with Crippen LogP contribution in [0.5, 0.6) is 0 Å². The van der Waals surface area contributed by atoms with Crippen LogP contribution >= 0.6 is 0 Å². The monoisotopic (exact) mass is 191 g/mol. The van der Waals surface area contributed by atoms with Crippen LogP contribution < -0.4 is 0 Å². The Kier molecular flexibility index (Phi) is 3.28. The smallest absolute Gasteiger partial charge is 0.182 e. The summed E-state index contributed by atoms with van der Waals surface area (Å²) >= 11 is 0. The Hall–Kier alpha value is -1.31. The van der Waals surface area contributed by atoms with Gasteiger partial charge in [-0.05, 0) is 12.1 Å². The first-order valence-electron chi connectivity index (χ1n) is 4.92. The van der Waals surface area contributed by atoms with Crippen molar-refractivity contribution in [2.75, 3.05) is 0 Å². The van der Waals surface area contributed by atoms with Crippen molar-refractivity contribution >= 4 is 6.21 Å². The molecule has 76 valence electrons. The van der Waals surface area contributed by atoms with Gasteiger partial charge in [0.1, 0.15) is 0 Å². The minimum atomic E-state index is -0.324. The van der Waals surface area contributed by atoms with Crippen LogP contribution in [0.2, 0.25) is 0 Å². The minimum Gasteiger partial charge on any atom is -0.623 e. The van der Waals surface area contributed by atoms with Gasteiger partial charge in [-0.2, -0.15) is 0 Å². The first-order valence-corrected chi connectivity index (χ1v) is 4.92. The number of hydrogen-bond donors (Lipinski definition) is 0. The van der Waals surface area contributed by atoms with Gasteiger partial charge in [0.2, 0.25) is 0 Å². The highest BCUT2D eigenvalue weighted by Gasteiger charge is 2.22. The molecule has 0 aliphatic carbocycles. The highest BCUT2D eigenvalue weighted by molar-refractivity contribution is 5.75. The Bertz CT molecular complexity index is 314. The summed E-state index contributed by atoms with van der Waals surface area (Å²) in [4.78, 5) is 0. The van der Waals surface area contributed by atoms with Gasteiger partial charge in [0.05, 0.1) is 0 Å². The van der Waals surface area contributed by atoms with Crippen LogP contribution in [0.25, 0.3) is 0 Å². The number of rotatable bonds is 3. The van der Waals surface area contributed by atoms with Crippen LogP contribution in [0.1, 0.15) is 32.8 Å². The van der Waals surface area contributed by atoms with E-state index in [1.807, 2.05) is 51.1 Å². The summed E-state index contributed by atoms with van der Waals surface area (Å²) in [6.07, 6.45) is 2.48. The maximum absolute atomic E-state index is 11.7. The van der Waals surface area contributed by atoms with Gasteiger partial charge in [0.25, 0.3) is 0 Å². The molecular weight excluding hydrogens is 174 g/mol. The molecule has 0 amide bonds. The summed E-state index contributed by atoms with van der Waals surface area (Å²) in [7, 11) is 0. The van der Waals surface area contributed by atoms with Gasteiger partial charge in [0.15, 0.2) is 11.8 Å². The first-order chi connectivity index (χ1) is 6.56. The Morgan fingerprint density at radius 2 is 1.86 bits per heavy atom. The molecular formula is C12H17NO. The molecule has 0 spiro atoms. The van der Waals surface area contributed by atoms with Crippen molar-refractivity contribution < 1.29 is 4.74 Å². The van der Waals surface area contributed by atoms with E-state index in [1.165, 1.54) is 0 Å². The van der Waals surface area contributed by atoms with Crippen molar-refractivity contribution in [3.63, 3.8) is 0 Å². The Morgan fingerprint density at radius 3 is 2.36 bits per heavy atom. The zero-order valence-electron chi connectivity index (χ0n) is 9.03. The zero-order valence-corrected chi connectivity index (χ0v) is 9.03. The number of nitrogens with zero attached hydrogens (tertiary/aromatic N) is 1. The Balaban J connectivity index is 2.89. The predicted octanol–water partition coefficient (Wildman–Crippen LogP) is 2.80. The second-order valence-corrected chi connectivity index (χ2v) is 4.03. The lowest BCUT2D eigenvalue weighted by molar-refractivity contribution is -0.536. The van der Waals surface area contributed by atoms with E-state index in [4.69, 9.17) is 0 Å². The molecule has 1 aromatic carbocycles. The Labute approximate surface area is 85.5 Å². The molecule has 0 aliphatic rings. The molecule has 0 fully saturated rings. The summed E-state index contributed by atoms with van der Waals surface area (Å²) in [5.41, 5.74) is 0.625. The highest BCUT2D eigenvalue weighted by Crippen LogP contribution is 2.12. The standard InChI is InChI=1S/C12H17NO/c1-4-12(2,3)13(14)10-11-8-6-5-7-9-11/h5-10H,4H2,1-3H3. The van der Waals surface area contributed by atoms with Gasteiger partial charge in [0, 0.05) is 25.8 Å². The van der Waals surface area contributed by atoms with Crippen LogP contribution in [-0.2, 0) is 0 Å². The van der Waals surface area contributed by atoms with Crippen molar-refractivity contribution in [2.24, 2.45) is 0 Å². The summed E-state index contributed by atoms with van der Waals surface area (Å²) in [6.45, 7) is 5.91. The molecule has 2 heteroatoms. The van der Waals surface area contributed by atoms with Gasteiger partial charge in [-0.1, -0.05) is 25.1 Å². The van der Waals surface area contributed by atoms with Crippen molar-refractivity contribution in [3.05, 3.63) is 41.1 Å². The van der Waals surface area contributed by atoms with Gasteiger partial charge >= 0.3 is 0 Å². The molecule has 0 radical (unpaired) electrons. The van der Waals surface area contributed by atoms with Crippen LogP contribution in [0, 0.1) is 5.21 Å². The molecule has 0 bridgehead atoms. The van der Waals surface area contributed by atoms with Crippen LogP contribution in [0.3, 0.4) is 0 Å². The largest absolute Gasteiger partial charge is 0.623 e. The van der Waals surface area contributed by atoms with E-state index in [9.17, 15) is 5.21 Å². The SMILES string of the molecule is CCC(C)(C)[N+]([O-])=Cc1ccccc1. The lowest BCUT2D eigenvalue weighted by atomic mass is 10.0. The third-order valence-corrected chi connectivity index (χ3v) is 2.53.